The van der Waals surface area contributed by atoms with E-state index in [-0.39, 0.29) is 0 Å². The summed E-state index contributed by atoms with van der Waals surface area (Å²) in [6.07, 6.45) is 8.72. The molecule has 0 fully saturated rings. The molecule has 0 spiro atoms. The predicted octanol–water partition coefficient (Wildman–Crippen LogP) is 4.81. The topological polar surface area (TPSA) is 0 Å². The number of allylic oxidation sites excluding steroid dienone is 1. The van der Waals surface area contributed by atoms with E-state index >= 15 is 0 Å². The first kappa shape index (κ1) is 12.7. The van der Waals surface area contributed by atoms with Crippen molar-refractivity contribution in [1.29, 1.82) is 0 Å². The van der Waals surface area contributed by atoms with E-state index in [0.717, 1.165) is 0 Å². The van der Waals surface area contributed by atoms with Crippen LogP contribution in [0, 0.1) is 11.3 Å². The number of hydrogen-bond donors (Lipinski definition) is 0. The van der Waals surface area contributed by atoms with E-state index in [1.165, 1.54) is 32.1 Å². The molecule has 0 heteroatoms. The highest BCUT2D eigenvalue weighted by Gasteiger charge is 2.23. The van der Waals surface area contributed by atoms with E-state index in [9.17, 15) is 0 Å². The summed E-state index contributed by atoms with van der Waals surface area (Å²) in [6.45, 7) is 13.1. The lowest BCUT2D eigenvalue weighted by atomic mass is 9.75. The van der Waals surface area contributed by atoms with Gasteiger partial charge in [0, 0.05) is 0 Å². The van der Waals surface area contributed by atoms with E-state index in [4.69, 9.17) is 0 Å². The van der Waals surface area contributed by atoms with E-state index in [1.807, 2.05) is 0 Å². The van der Waals surface area contributed by atoms with Gasteiger partial charge in [-0.1, -0.05) is 46.6 Å². The standard InChI is InChI=1S/C13H26/c1-6-9-13(5,10-7-2)11-12(4)8-3/h8,12H,3,6-7,9-11H2,1-2,4-5H3. The maximum absolute atomic E-state index is 3.87. The summed E-state index contributed by atoms with van der Waals surface area (Å²) >= 11 is 0. The van der Waals surface area contributed by atoms with Crippen LogP contribution in [-0.2, 0) is 0 Å². The molecule has 0 nitrogen and oxygen atoms in total. The van der Waals surface area contributed by atoms with Gasteiger partial charge in [-0.25, -0.2) is 0 Å². The van der Waals surface area contributed by atoms with E-state index in [2.05, 4.69) is 40.3 Å². The highest BCUT2D eigenvalue weighted by Crippen LogP contribution is 2.36. The lowest BCUT2D eigenvalue weighted by Crippen LogP contribution is -2.18. The van der Waals surface area contributed by atoms with Crippen LogP contribution in [0.3, 0.4) is 0 Å². The number of rotatable bonds is 7. The van der Waals surface area contributed by atoms with Crippen LogP contribution in [0.25, 0.3) is 0 Å². The van der Waals surface area contributed by atoms with Gasteiger partial charge in [-0.2, -0.15) is 0 Å². The summed E-state index contributed by atoms with van der Waals surface area (Å²) in [5, 5.41) is 0. The van der Waals surface area contributed by atoms with Crippen LogP contribution in [-0.4, -0.2) is 0 Å². The highest BCUT2D eigenvalue weighted by molar-refractivity contribution is 4.83. The Morgan fingerprint density at radius 3 is 2.00 bits per heavy atom. The smallest absolute Gasteiger partial charge is 0.0259 e. The van der Waals surface area contributed by atoms with Crippen molar-refractivity contribution in [2.24, 2.45) is 11.3 Å². The van der Waals surface area contributed by atoms with Crippen LogP contribution in [0.5, 0.6) is 0 Å². The third-order valence-corrected chi connectivity index (χ3v) is 2.92. The second kappa shape index (κ2) is 6.23. The zero-order valence-corrected chi connectivity index (χ0v) is 9.90. The van der Waals surface area contributed by atoms with Crippen molar-refractivity contribution in [3.8, 4) is 0 Å². The lowest BCUT2D eigenvalue weighted by molar-refractivity contribution is 0.221. The van der Waals surface area contributed by atoms with Gasteiger partial charge in [0.25, 0.3) is 0 Å². The molecule has 13 heavy (non-hydrogen) atoms. The second-order valence-electron chi connectivity index (χ2n) is 4.73. The maximum Gasteiger partial charge on any atom is -0.0259 e. The molecule has 0 rings (SSSR count). The highest BCUT2D eigenvalue weighted by atomic mass is 14.3. The van der Waals surface area contributed by atoms with Gasteiger partial charge in [-0.05, 0) is 30.6 Å². The third kappa shape index (κ3) is 5.13. The molecular weight excluding hydrogens is 156 g/mol. The fourth-order valence-corrected chi connectivity index (χ4v) is 2.40. The van der Waals surface area contributed by atoms with Gasteiger partial charge >= 0.3 is 0 Å². The minimum atomic E-state index is 0.553. The molecule has 0 aliphatic heterocycles. The minimum Gasteiger partial charge on any atom is -0.103 e. The zero-order chi connectivity index (χ0) is 10.3. The quantitative estimate of drug-likeness (QED) is 0.496. The Labute approximate surface area is 84.4 Å². The predicted molar refractivity (Wildman–Crippen MR) is 61.9 cm³/mol. The third-order valence-electron chi connectivity index (χ3n) is 2.92. The molecule has 0 aromatic carbocycles. The van der Waals surface area contributed by atoms with Gasteiger partial charge in [0.1, 0.15) is 0 Å². The first-order valence-electron chi connectivity index (χ1n) is 5.70. The van der Waals surface area contributed by atoms with Crippen molar-refractivity contribution in [3.63, 3.8) is 0 Å². The maximum atomic E-state index is 3.87. The molecule has 0 N–H and O–H groups in total. The molecule has 0 aromatic heterocycles. The molecule has 0 heterocycles. The summed E-state index contributed by atoms with van der Waals surface area (Å²) in [7, 11) is 0. The largest absolute Gasteiger partial charge is 0.103 e. The molecule has 0 amide bonds. The van der Waals surface area contributed by atoms with Crippen molar-refractivity contribution >= 4 is 0 Å². The molecule has 78 valence electrons. The Bertz CT molecular complexity index is 129. The van der Waals surface area contributed by atoms with E-state index in [0.29, 0.717) is 11.3 Å². The number of hydrogen-bond acceptors (Lipinski definition) is 0. The fourth-order valence-electron chi connectivity index (χ4n) is 2.40. The summed E-state index contributed by atoms with van der Waals surface area (Å²) in [5.74, 6) is 0.670. The first-order chi connectivity index (χ1) is 6.08. The van der Waals surface area contributed by atoms with E-state index < -0.39 is 0 Å². The molecule has 0 aliphatic rings. The molecule has 0 bridgehead atoms. The fraction of sp³-hybridized carbons (Fsp3) is 0.846. The van der Waals surface area contributed by atoms with Crippen LogP contribution in [0.1, 0.15) is 59.8 Å². The monoisotopic (exact) mass is 182 g/mol. The van der Waals surface area contributed by atoms with Gasteiger partial charge in [0.15, 0.2) is 0 Å². The van der Waals surface area contributed by atoms with Gasteiger partial charge in [-0.15, -0.1) is 6.58 Å². The molecule has 0 aromatic rings. The lowest BCUT2D eigenvalue weighted by Gasteiger charge is -2.31. The van der Waals surface area contributed by atoms with Crippen LogP contribution < -0.4 is 0 Å². The van der Waals surface area contributed by atoms with Crippen LogP contribution in [0.15, 0.2) is 12.7 Å². The van der Waals surface area contributed by atoms with Gasteiger partial charge in [-0.3, -0.25) is 0 Å². The van der Waals surface area contributed by atoms with Crippen molar-refractivity contribution in [1.82, 2.24) is 0 Å². The van der Waals surface area contributed by atoms with Crippen molar-refractivity contribution in [3.05, 3.63) is 12.7 Å². The summed E-state index contributed by atoms with van der Waals surface area (Å²) in [6, 6.07) is 0. The van der Waals surface area contributed by atoms with Crippen molar-refractivity contribution < 1.29 is 0 Å². The van der Waals surface area contributed by atoms with Gasteiger partial charge in [0.2, 0.25) is 0 Å². The van der Waals surface area contributed by atoms with Gasteiger partial charge in [0.05, 0.1) is 0 Å². The summed E-state index contributed by atoms with van der Waals surface area (Å²) < 4.78 is 0. The molecule has 0 aliphatic carbocycles. The molecule has 1 atom stereocenters. The Balaban J connectivity index is 4.12. The molecule has 0 saturated carbocycles. The average molecular weight is 182 g/mol. The second-order valence-corrected chi connectivity index (χ2v) is 4.73. The Kier molecular flexibility index (Phi) is 6.11. The SMILES string of the molecule is C=CC(C)CC(C)(CCC)CCC. The first-order valence-corrected chi connectivity index (χ1v) is 5.70. The van der Waals surface area contributed by atoms with Crippen molar-refractivity contribution in [2.75, 3.05) is 0 Å². The average Bonchev–Trinajstić information content (AvgIpc) is 2.04. The van der Waals surface area contributed by atoms with Crippen LogP contribution in [0.2, 0.25) is 0 Å². The Morgan fingerprint density at radius 1 is 1.23 bits per heavy atom. The molecule has 0 radical (unpaired) electrons. The molecular formula is C13H26. The molecule has 1 unspecified atom stereocenters. The van der Waals surface area contributed by atoms with Gasteiger partial charge < -0.3 is 0 Å². The Hall–Kier alpha value is -0.260. The van der Waals surface area contributed by atoms with Crippen LogP contribution >= 0.6 is 0 Å². The van der Waals surface area contributed by atoms with Crippen LogP contribution in [0.4, 0.5) is 0 Å². The van der Waals surface area contributed by atoms with Crippen molar-refractivity contribution in [2.45, 2.75) is 59.8 Å². The zero-order valence-electron chi connectivity index (χ0n) is 9.90. The molecule has 0 saturated heterocycles. The van der Waals surface area contributed by atoms with E-state index in [1.54, 1.807) is 0 Å². The Morgan fingerprint density at radius 2 is 1.69 bits per heavy atom. The minimum absolute atomic E-state index is 0.553. The summed E-state index contributed by atoms with van der Waals surface area (Å²) in [4.78, 5) is 0. The summed E-state index contributed by atoms with van der Waals surface area (Å²) in [5.41, 5.74) is 0.553. The normalized spacial score (nSPS) is 14.2.